The van der Waals surface area contributed by atoms with Crippen LogP contribution in [0.3, 0.4) is 0 Å². The molecule has 0 saturated heterocycles. The molecule has 0 aliphatic heterocycles. The van der Waals surface area contributed by atoms with Crippen LogP contribution in [-0.2, 0) is 0 Å². The van der Waals surface area contributed by atoms with Gasteiger partial charge < -0.3 is 9.88 Å². The molecule has 33 heavy (non-hydrogen) atoms. The lowest BCUT2D eigenvalue weighted by atomic mass is 10.2. The predicted octanol–water partition coefficient (Wildman–Crippen LogP) is 6.43. The van der Waals surface area contributed by atoms with Gasteiger partial charge in [0.05, 0.1) is 11.4 Å². The van der Waals surface area contributed by atoms with Gasteiger partial charge in [-0.3, -0.25) is 13.9 Å². The number of aromatic nitrogens is 3. The monoisotopic (exact) mass is 502 g/mol. The van der Waals surface area contributed by atoms with Gasteiger partial charge in [-0.2, -0.15) is 0 Å². The van der Waals surface area contributed by atoms with E-state index in [0.29, 0.717) is 20.0 Å². The van der Waals surface area contributed by atoms with Crippen LogP contribution in [0.15, 0.2) is 53.3 Å². The summed E-state index contributed by atoms with van der Waals surface area (Å²) in [4.78, 5) is 18.5. The number of aromatic amines is 1. The molecule has 5 nitrogen and oxygen atoms in total. The minimum atomic E-state index is -0.376. The second-order valence-electron chi connectivity index (χ2n) is 7.33. The molecule has 0 unspecified atom stereocenters. The van der Waals surface area contributed by atoms with E-state index in [0.717, 1.165) is 11.3 Å². The molecule has 0 bridgehead atoms. The lowest BCUT2D eigenvalue weighted by molar-refractivity contribution is 0.321. The molecule has 0 aliphatic rings. The van der Waals surface area contributed by atoms with Crippen molar-refractivity contribution >= 4 is 46.1 Å². The molecule has 0 fully saturated rings. The van der Waals surface area contributed by atoms with Gasteiger partial charge in [-0.25, -0.2) is 4.39 Å². The first-order chi connectivity index (χ1) is 15.8. The highest BCUT2D eigenvalue weighted by molar-refractivity contribution is 7.73. The minimum absolute atomic E-state index is 0.226. The second kappa shape index (κ2) is 11.1. The molecule has 0 radical (unpaired) electrons. The Morgan fingerprint density at radius 2 is 1.58 bits per heavy atom. The van der Waals surface area contributed by atoms with Gasteiger partial charge in [0.25, 0.3) is 5.56 Å². The number of halogens is 1. The number of para-hydroxylation sites is 1. The Morgan fingerprint density at radius 3 is 2.12 bits per heavy atom. The van der Waals surface area contributed by atoms with Crippen molar-refractivity contribution in [2.45, 2.75) is 27.7 Å². The van der Waals surface area contributed by atoms with E-state index in [-0.39, 0.29) is 16.1 Å². The van der Waals surface area contributed by atoms with Crippen molar-refractivity contribution < 1.29 is 4.39 Å². The molecule has 0 saturated carbocycles. The Morgan fingerprint density at radius 1 is 0.970 bits per heavy atom. The van der Waals surface area contributed by atoms with E-state index in [1.165, 1.54) is 59.8 Å². The van der Waals surface area contributed by atoms with Gasteiger partial charge in [-0.05, 0) is 86.9 Å². The van der Waals surface area contributed by atoms with Crippen molar-refractivity contribution in [3.05, 3.63) is 79.0 Å². The number of thiazole rings is 1. The summed E-state index contributed by atoms with van der Waals surface area (Å²) in [6, 6.07) is 13.4. The van der Waals surface area contributed by atoms with E-state index in [1.807, 2.05) is 35.8 Å². The number of nitrogens with one attached hydrogen (secondary N) is 1. The van der Waals surface area contributed by atoms with Crippen LogP contribution in [-0.4, -0.2) is 38.7 Å². The van der Waals surface area contributed by atoms with Gasteiger partial charge in [0.15, 0.2) is 8.73 Å². The molecule has 2 aromatic carbocycles. The minimum Gasteiger partial charge on any atom is -0.316 e. The van der Waals surface area contributed by atoms with Crippen molar-refractivity contribution in [2.24, 2.45) is 0 Å². The number of aryl methyl sites for hydroxylation is 1. The summed E-state index contributed by atoms with van der Waals surface area (Å²) in [5.74, 6) is -0.376. The van der Waals surface area contributed by atoms with E-state index in [1.54, 1.807) is 0 Å². The molecule has 4 aromatic rings. The second-order valence-corrected chi connectivity index (χ2v) is 9.37. The third-order valence-corrected chi connectivity index (χ3v) is 7.07. The number of hydrogen-bond acceptors (Lipinski definition) is 5. The van der Waals surface area contributed by atoms with Crippen molar-refractivity contribution in [3.63, 3.8) is 0 Å². The Bertz CT molecular complexity index is 1410. The third kappa shape index (κ3) is 5.38. The van der Waals surface area contributed by atoms with Crippen molar-refractivity contribution in [3.8, 4) is 11.4 Å². The van der Waals surface area contributed by atoms with E-state index >= 15 is 0 Å². The number of fused-ring (bicyclic) bond motifs is 1. The lowest BCUT2D eigenvalue weighted by Crippen LogP contribution is -2.21. The maximum absolute atomic E-state index is 13.2. The number of H-pyrrole nitrogens is 1. The standard InChI is InChI=1S/C18H12FN3OS3.C6H15N/c1-10-4-2-3-5-13(10)22-15-14(26-18(22)25)16(23)21(17(24)20-15)12-8-6-11(19)7-9-12;1-4-7(5-2)6-3/h2-9H,1H3,(H,20,24);4-6H2,1-3H3. The van der Waals surface area contributed by atoms with Crippen LogP contribution in [0.1, 0.15) is 26.3 Å². The van der Waals surface area contributed by atoms with Crippen molar-refractivity contribution in [2.75, 3.05) is 19.6 Å². The van der Waals surface area contributed by atoms with E-state index in [2.05, 4.69) is 30.7 Å². The van der Waals surface area contributed by atoms with Crippen LogP contribution in [0.4, 0.5) is 4.39 Å². The van der Waals surface area contributed by atoms with Crippen molar-refractivity contribution in [1.82, 2.24) is 19.0 Å². The fourth-order valence-corrected chi connectivity index (χ4v) is 5.11. The summed E-state index contributed by atoms with van der Waals surface area (Å²) in [5.41, 5.74) is 2.72. The molecule has 174 valence electrons. The van der Waals surface area contributed by atoms with Crippen LogP contribution in [0.2, 0.25) is 0 Å². The van der Waals surface area contributed by atoms with Gasteiger partial charge in [-0.1, -0.05) is 50.3 Å². The summed E-state index contributed by atoms with van der Waals surface area (Å²) < 4.78 is 17.6. The van der Waals surface area contributed by atoms with Crippen molar-refractivity contribution in [1.29, 1.82) is 0 Å². The molecule has 9 heteroatoms. The molecular weight excluding hydrogens is 475 g/mol. The normalized spacial score (nSPS) is 11.0. The fourth-order valence-electron chi connectivity index (χ4n) is 3.51. The molecule has 0 atom stereocenters. The van der Waals surface area contributed by atoms with E-state index in [9.17, 15) is 9.18 Å². The van der Waals surface area contributed by atoms with Gasteiger partial charge in [0, 0.05) is 0 Å². The van der Waals surface area contributed by atoms with Gasteiger partial charge in [0.1, 0.15) is 16.2 Å². The van der Waals surface area contributed by atoms with Gasteiger partial charge in [0.2, 0.25) is 0 Å². The van der Waals surface area contributed by atoms with E-state index < -0.39 is 0 Å². The highest BCUT2D eigenvalue weighted by atomic mass is 32.1. The summed E-state index contributed by atoms with van der Waals surface area (Å²) >= 11 is 12.1. The summed E-state index contributed by atoms with van der Waals surface area (Å²) in [6.45, 7) is 12.1. The molecule has 0 amide bonds. The quantitative estimate of drug-likeness (QED) is 0.320. The zero-order chi connectivity index (χ0) is 24.1. The molecule has 2 heterocycles. The lowest BCUT2D eigenvalue weighted by Gasteiger charge is -2.13. The summed E-state index contributed by atoms with van der Waals surface area (Å²) in [6.07, 6.45) is 0. The zero-order valence-corrected chi connectivity index (χ0v) is 21.5. The number of rotatable bonds is 5. The summed E-state index contributed by atoms with van der Waals surface area (Å²) in [5, 5.41) is 0. The molecule has 4 rings (SSSR count). The average Bonchev–Trinajstić information content (AvgIpc) is 3.13. The maximum atomic E-state index is 13.2. The van der Waals surface area contributed by atoms with E-state index in [4.69, 9.17) is 24.4 Å². The number of nitrogens with zero attached hydrogens (tertiary/aromatic N) is 3. The Balaban J connectivity index is 0.000000383. The largest absolute Gasteiger partial charge is 0.316 e. The van der Waals surface area contributed by atoms with Gasteiger partial charge in [-0.15, -0.1) is 0 Å². The SMILES string of the molecule is CCN(CC)CC.Cc1ccccc1-n1c(=S)sc2c(=O)n(-c3ccc(F)cc3)c(=S)[nH]c21. The number of hydrogen-bond donors (Lipinski definition) is 1. The first-order valence-corrected chi connectivity index (χ1v) is 12.4. The molecule has 0 spiro atoms. The number of benzene rings is 2. The van der Waals surface area contributed by atoms with Crippen LogP contribution in [0.25, 0.3) is 21.7 Å². The van der Waals surface area contributed by atoms with Crippen LogP contribution < -0.4 is 5.56 Å². The smallest absolute Gasteiger partial charge is 0.278 e. The predicted molar refractivity (Wildman–Crippen MR) is 141 cm³/mol. The van der Waals surface area contributed by atoms with Crippen LogP contribution >= 0.6 is 35.8 Å². The highest BCUT2D eigenvalue weighted by Crippen LogP contribution is 2.25. The Kier molecular flexibility index (Phi) is 8.47. The summed E-state index contributed by atoms with van der Waals surface area (Å²) in [7, 11) is 0. The first-order valence-electron chi connectivity index (χ1n) is 10.8. The molecule has 2 aromatic heterocycles. The Hall–Kier alpha value is -2.46. The maximum Gasteiger partial charge on any atom is 0.278 e. The van der Waals surface area contributed by atoms with Crippen LogP contribution in [0.5, 0.6) is 0 Å². The highest BCUT2D eigenvalue weighted by Gasteiger charge is 2.15. The molecular formula is C24H27FN4OS3. The first kappa shape index (κ1) is 25.2. The zero-order valence-electron chi connectivity index (χ0n) is 19.1. The van der Waals surface area contributed by atoms with Crippen LogP contribution in [0, 0.1) is 21.5 Å². The van der Waals surface area contributed by atoms with Gasteiger partial charge >= 0.3 is 0 Å². The average molecular weight is 503 g/mol. The fraction of sp³-hybridized carbons (Fsp3) is 0.292. The topological polar surface area (TPSA) is 46.0 Å². The molecule has 0 aliphatic carbocycles. The molecule has 1 N–H and O–H groups in total. The Labute approximate surface area is 206 Å². The third-order valence-electron chi connectivity index (χ3n) is 5.42.